The summed E-state index contributed by atoms with van der Waals surface area (Å²) >= 11 is 0. The molecular formula is C25H24FN5O3. The van der Waals surface area contributed by atoms with E-state index in [9.17, 15) is 14.0 Å². The minimum atomic E-state index is -1.11. The lowest BCUT2D eigenvalue weighted by atomic mass is 10.1. The van der Waals surface area contributed by atoms with Crippen molar-refractivity contribution in [1.29, 1.82) is 0 Å². The largest absolute Gasteiger partial charge is 0.467 e. The number of nitrogens with one attached hydrogen (secondary N) is 1. The van der Waals surface area contributed by atoms with Gasteiger partial charge in [0.05, 0.1) is 11.8 Å². The highest BCUT2D eigenvalue weighted by Gasteiger charge is 2.36. The van der Waals surface area contributed by atoms with Crippen molar-refractivity contribution in [3.05, 3.63) is 78.5 Å². The first-order chi connectivity index (χ1) is 16.6. The van der Waals surface area contributed by atoms with E-state index in [1.807, 2.05) is 18.2 Å². The molecule has 8 nitrogen and oxygen atoms in total. The molecule has 0 saturated heterocycles. The van der Waals surface area contributed by atoms with Gasteiger partial charge in [-0.15, -0.1) is 5.10 Å². The number of anilines is 1. The summed E-state index contributed by atoms with van der Waals surface area (Å²) in [6.45, 7) is -0.190. The molecule has 4 aromatic rings. The number of fused-ring (bicyclic) bond motifs is 1. The van der Waals surface area contributed by atoms with Crippen molar-refractivity contribution in [1.82, 2.24) is 20.3 Å². The van der Waals surface area contributed by atoms with Crippen LogP contribution in [-0.4, -0.2) is 32.9 Å². The van der Waals surface area contributed by atoms with Gasteiger partial charge >= 0.3 is 0 Å². The molecule has 2 aromatic carbocycles. The Kier molecular flexibility index (Phi) is 6.07. The smallest absolute Gasteiger partial charge is 0.251 e. The van der Waals surface area contributed by atoms with Crippen molar-refractivity contribution in [3.63, 3.8) is 0 Å². The summed E-state index contributed by atoms with van der Waals surface area (Å²) in [4.78, 5) is 28.5. The van der Waals surface area contributed by atoms with Gasteiger partial charge in [0.15, 0.2) is 6.04 Å². The number of halogens is 1. The van der Waals surface area contributed by atoms with Gasteiger partial charge in [-0.05, 0) is 55.3 Å². The van der Waals surface area contributed by atoms with E-state index in [-0.39, 0.29) is 29.9 Å². The lowest BCUT2D eigenvalue weighted by Crippen LogP contribution is -2.47. The van der Waals surface area contributed by atoms with Crippen LogP contribution < -0.4 is 10.2 Å². The van der Waals surface area contributed by atoms with Crippen molar-refractivity contribution in [2.24, 2.45) is 0 Å². The van der Waals surface area contributed by atoms with Gasteiger partial charge in [-0.25, -0.2) is 9.07 Å². The number of amides is 2. The highest BCUT2D eigenvalue weighted by atomic mass is 19.1. The molecule has 1 N–H and O–H groups in total. The van der Waals surface area contributed by atoms with Crippen LogP contribution in [0.3, 0.4) is 0 Å². The van der Waals surface area contributed by atoms with Crippen LogP contribution >= 0.6 is 0 Å². The Morgan fingerprint density at radius 1 is 1.12 bits per heavy atom. The summed E-state index contributed by atoms with van der Waals surface area (Å²) in [5.74, 6) is -1.06. The van der Waals surface area contributed by atoms with E-state index in [0.29, 0.717) is 11.0 Å². The van der Waals surface area contributed by atoms with Crippen LogP contribution in [0.2, 0.25) is 0 Å². The average Bonchev–Trinajstić information content (AvgIpc) is 3.60. The summed E-state index contributed by atoms with van der Waals surface area (Å²) in [5.41, 5.74) is 1.58. The standard InChI is InChI=1S/C25H24FN5O3/c26-17-7-5-10-19(15-17)31(23(32)16-30-21-12-4-3-11-20(21)28-29-30)24(22-13-6-14-34-22)25(33)27-18-8-1-2-9-18/h3-7,10-15,18,24H,1-2,8-9,16H2,(H,27,33). The van der Waals surface area contributed by atoms with Crippen molar-refractivity contribution in [2.45, 2.75) is 44.3 Å². The predicted molar refractivity (Wildman–Crippen MR) is 123 cm³/mol. The quantitative estimate of drug-likeness (QED) is 0.449. The molecule has 0 spiro atoms. The van der Waals surface area contributed by atoms with E-state index in [1.165, 1.54) is 34.0 Å². The molecule has 1 fully saturated rings. The van der Waals surface area contributed by atoms with Crippen molar-refractivity contribution in [3.8, 4) is 0 Å². The second-order valence-corrected chi connectivity index (χ2v) is 8.39. The van der Waals surface area contributed by atoms with Crippen LogP contribution in [0.5, 0.6) is 0 Å². The van der Waals surface area contributed by atoms with Crippen LogP contribution in [0.1, 0.15) is 37.5 Å². The summed E-state index contributed by atoms with van der Waals surface area (Å²) in [6.07, 6.45) is 5.31. The fourth-order valence-electron chi connectivity index (χ4n) is 4.47. The zero-order valence-corrected chi connectivity index (χ0v) is 18.4. The number of para-hydroxylation sites is 1. The first-order valence-electron chi connectivity index (χ1n) is 11.3. The minimum absolute atomic E-state index is 0.0358. The molecule has 1 aliphatic carbocycles. The monoisotopic (exact) mass is 461 g/mol. The van der Waals surface area contributed by atoms with Gasteiger partial charge < -0.3 is 9.73 Å². The lowest BCUT2D eigenvalue weighted by molar-refractivity contribution is -0.127. The normalized spacial score (nSPS) is 14.9. The Morgan fingerprint density at radius 2 is 1.94 bits per heavy atom. The molecule has 1 aliphatic rings. The number of nitrogens with zero attached hydrogens (tertiary/aromatic N) is 4. The SMILES string of the molecule is O=C(NC1CCCC1)C(c1ccco1)N(C(=O)Cn1nnc2ccccc21)c1cccc(F)c1. The Morgan fingerprint density at radius 3 is 2.71 bits per heavy atom. The molecule has 5 rings (SSSR count). The lowest BCUT2D eigenvalue weighted by Gasteiger charge is -2.30. The number of carbonyl (C=O) groups excluding carboxylic acids is 2. The molecule has 2 aromatic heterocycles. The van der Waals surface area contributed by atoms with Crippen molar-refractivity contribution < 1.29 is 18.4 Å². The first-order valence-corrected chi connectivity index (χ1v) is 11.3. The highest BCUT2D eigenvalue weighted by Crippen LogP contribution is 2.30. The molecule has 34 heavy (non-hydrogen) atoms. The molecule has 9 heteroatoms. The zero-order valence-electron chi connectivity index (χ0n) is 18.4. The van der Waals surface area contributed by atoms with E-state index in [0.717, 1.165) is 25.7 Å². The van der Waals surface area contributed by atoms with Crippen LogP contribution in [0.4, 0.5) is 10.1 Å². The maximum atomic E-state index is 14.2. The number of carbonyl (C=O) groups is 2. The third-order valence-electron chi connectivity index (χ3n) is 6.08. The second kappa shape index (κ2) is 9.46. The topological polar surface area (TPSA) is 93.3 Å². The molecular weight excluding hydrogens is 437 g/mol. The fraction of sp³-hybridized carbons (Fsp3) is 0.280. The molecule has 1 saturated carbocycles. The zero-order chi connectivity index (χ0) is 23.5. The Labute approximate surface area is 195 Å². The molecule has 174 valence electrons. The second-order valence-electron chi connectivity index (χ2n) is 8.39. The minimum Gasteiger partial charge on any atom is -0.467 e. The van der Waals surface area contributed by atoms with E-state index < -0.39 is 17.8 Å². The van der Waals surface area contributed by atoms with Crippen LogP contribution in [0.25, 0.3) is 11.0 Å². The van der Waals surface area contributed by atoms with Gasteiger partial charge in [0.25, 0.3) is 5.91 Å². The van der Waals surface area contributed by atoms with E-state index in [2.05, 4.69) is 15.6 Å². The van der Waals surface area contributed by atoms with Gasteiger partial charge in [-0.2, -0.15) is 0 Å². The van der Waals surface area contributed by atoms with Gasteiger partial charge in [0, 0.05) is 11.7 Å². The predicted octanol–water partition coefficient (Wildman–Crippen LogP) is 4.00. The van der Waals surface area contributed by atoms with Gasteiger partial charge in [0.1, 0.15) is 23.6 Å². The third kappa shape index (κ3) is 4.41. The number of hydrogen-bond acceptors (Lipinski definition) is 5. The van der Waals surface area contributed by atoms with Crippen molar-refractivity contribution in [2.75, 3.05) is 4.90 Å². The molecule has 1 unspecified atom stereocenters. The van der Waals surface area contributed by atoms with Gasteiger partial charge in [-0.1, -0.05) is 36.3 Å². The van der Waals surface area contributed by atoms with Gasteiger partial charge in [0.2, 0.25) is 5.91 Å². The first kappa shape index (κ1) is 21.8. The number of furan rings is 1. The van der Waals surface area contributed by atoms with E-state index in [4.69, 9.17) is 4.42 Å². The molecule has 1 atom stereocenters. The van der Waals surface area contributed by atoms with Crippen LogP contribution in [-0.2, 0) is 16.1 Å². The fourth-order valence-corrected chi connectivity index (χ4v) is 4.47. The molecule has 0 aliphatic heterocycles. The van der Waals surface area contributed by atoms with E-state index >= 15 is 0 Å². The van der Waals surface area contributed by atoms with Crippen LogP contribution in [0, 0.1) is 5.82 Å². The summed E-state index contributed by atoms with van der Waals surface area (Å²) in [6, 6.07) is 15.1. The number of hydrogen-bond donors (Lipinski definition) is 1. The summed E-state index contributed by atoms with van der Waals surface area (Å²) < 4.78 is 21.3. The molecule has 2 amide bonds. The number of aromatic nitrogens is 3. The number of benzene rings is 2. The third-order valence-corrected chi connectivity index (χ3v) is 6.08. The average molecular weight is 461 g/mol. The Bertz CT molecular complexity index is 1300. The van der Waals surface area contributed by atoms with E-state index in [1.54, 1.807) is 24.3 Å². The Hall–Kier alpha value is -4.01. The summed E-state index contributed by atoms with van der Waals surface area (Å²) in [5, 5.41) is 11.3. The molecule has 2 heterocycles. The summed E-state index contributed by atoms with van der Waals surface area (Å²) in [7, 11) is 0. The highest BCUT2D eigenvalue weighted by molar-refractivity contribution is 6.01. The van der Waals surface area contributed by atoms with Gasteiger partial charge in [-0.3, -0.25) is 14.5 Å². The van der Waals surface area contributed by atoms with Crippen LogP contribution in [0.15, 0.2) is 71.3 Å². The maximum Gasteiger partial charge on any atom is 0.251 e. The number of rotatable bonds is 7. The maximum absolute atomic E-state index is 14.2. The Balaban J connectivity index is 1.54. The van der Waals surface area contributed by atoms with Crippen molar-refractivity contribution >= 4 is 28.5 Å². The molecule has 0 bridgehead atoms. The molecule has 0 radical (unpaired) electrons.